The minimum atomic E-state index is -1.11. The average Bonchev–Trinajstić information content (AvgIpc) is 3.53. The number of hydrogen-bond acceptors (Lipinski definition) is 11. The second-order valence-corrected chi connectivity index (χ2v) is 13.6. The quantitative estimate of drug-likeness (QED) is 0.0633. The number of methoxy groups -OCH3 is 2. The maximum absolute atomic E-state index is 14.5. The fourth-order valence-electron chi connectivity index (χ4n) is 7.66. The summed E-state index contributed by atoms with van der Waals surface area (Å²) in [5, 5.41) is 68.6. The van der Waals surface area contributed by atoms with E-state index in [0.717, 1.165) is 27.6 Å². The fourth-order valence-corrected chi connectivity index (χ4v) is 7.66. The molecule has 1 aliphatic rings. The van der Waals surface area contributed by atoms with Gasteiger partial charge in [0.25, 0.3) is 0 Å². The number of aromatic hydroxyl groups is 4. The Balaban J connectivity index is 1.33. The molecule has 1 fully saturated rings. The Labute approximate surface area is 301 Å². The Morgan fingerprint density at radius 2 is 1.62 bits per heavy atom. The summed E-state index contributed by atoms with van der Waals surface area (Å²) >= 11 is 0. The standard InChI is InChI=1S/C41H44N2O9/c1-51-36-18-24(3-10-32(36)46)4-11-33(47)39(34(48)12-5-25-17-35(49)40(50)37(19-25)52-2)41(15-13-31(45)23-41)28-14-16-42-38(22-28)43-29-8-6-27-21-30(44)9-7-26(27)20-29/h3,6-10,14,16-22,31,33,39,44-47,49-50H,4-5,11-13,15,23H2,1-2H3,(H,42,43)/t31-,33+,39+,41+/m0/s1. The van der Waals surface area contributed by atoms with E-state index in [1.165, 1.54) is 26.4 Å². The molecule has 1 heterocycles. The molecule has 272 valence electrons. The second-order valence-electron chi connectivity index (χ2n) is 13.6. The molecule has 0 amide bonds. The Morgan fingerprint density at radius 1 is 0.865 bits per heavy atom. The Kier molecular flexibility index (Phi) is 10.7. The van der Waals surface area contributed by atoms with E-state index in [9.17, 15) is 35.4 Å². The fraction of sp³-hybridized carbons (Fsp3) is 0.317. The van der Waals surface area contributed by atoms with Crippen molar-refractivity contribution in [3.63, 3.8) is 0 Å². The summed E-state index contributed by atoms with van der Waals surface area (Å²) in [5.74, 6) is -0.771. The highest BCUT2D eigenvalue weighted by molar-refractivity contribution is 5.87. The van der Waals surface area contributed by atoms with E-state index in [-0.39, 0.29) is 60.2 Å². The van der Waals surface area contributed by atoms with E-state index in [2.05, 4.69) is 10.3 Å². The highest BCUT2D eigenvalue weighted by atomic mass is 16.5. The number of benzene rings is 4. The van der Waals surface area contributed by atoms with Crippen LogP contribution in [0.1, 0.15) is 48.8 Å². The molecule has 4 aromatic carbocycles. The van der Waals surface area contributed by atoms with Crippen LogP contribution in [-0.2, 0) is 23.1 Å². The maximum Gasteiger partial charge on any atom is 0.200 e. The van der Waals surface area contributed by atoms with E-state index >= 15 is 0 Å². The topological polar surface area (TPSA) is 182 Å². The van der Waals surface area contributed by atoms with Gasteiger partial charge >= 0.3 is 0 Å². The molecular formula is C41H44N2O9. The summed E-state index contributed by atoms with van der Waals surface area (Å²) in [4.78, 5) is 19.1. The maximum atomic E-state index is 14.5. The van der Waals surface area contributed by atoms with Crippen LogP contribution in [0.5, 0.6) is 34.5 Å². The number of ketones is 1. The van der Waals surface area contributed by atoms with E-state index in [0.29, 0.717) is 36.4 Å². The van der Waals surface area contributed by atoms with Gasteiger partial charge in [-0.1, -0.05) is 18.2 Å². The lowest BCUT2D eigenvalue weighted by molar-refractivity contribution is -0.130. The van der Waals surface area contributed by atoms with Crippen molar-refractivity contribution in [1.82, 2.24) is 4.98 Å². The number of carbonyl (C=O) groups is 1. The van der Waals surface area contributed by atoms with Crippen LogP contribution in [0.15, 0.2) is 85.1 Å². The van der Waals surface area contributed by atoms with Crippen LogP contribution in [0.2, 0.25) is 0 Å². The summed E-state index contributed by atoms with van der Waals surface area (Å²) in [6.07, 6.45) is 1.85. The van der Waals surface area contributed by atoms with Gasteiger partial charge in [0.05, 0.1) is 32.3 Å². The molecule has 0 unspecified atom stereocenters. The number of phenols is 4. The van der Waals surface area contributed by atoms with Gasteiger partial charge in [-0.25, -0.2) is 4.98 Å². The van der Waals surface area contributed by atoms with E-state index in [4.69, 9.17) is 9.47 Å². The first-order valence-electron chi connectivity index (χ1n) is 17.3. The van der Waals surface area contributed by atoms with Gasteiger partial charge in [0.2, 0.25) is 5.75 Å². The van der Waals surface area contributed by atoms with E-state index in [1.807, 2.05) is 36.4 Å². The minimum Gasteiger partial charge on any atom is -0.508 e. The first-order valence-corrected chi connectivity index (χ1v) is 17.3. The van der Waals surface area contributed by atoms with Gasteiger partial charge in [-0.2, -0.15) is 0 Å². The van der Waals surface area contributed by atoms with Crippen molar-refractivity contribution in [1.29, 1.82) is 0 Å². The van der Waals surface area contributed by atoms with Crippen molar-refractivity contribution < 1.29 is 44.9 Å². The highest BCUT2D eigenvalue weighted by Crippen LogP contribution is 2.50. The van der Waals surface area contributed by atoms with Gasteiger partial charge in [-0.15, -0.1) is 0 Å². The number of phenolic OH excluding ortho intramolecular Hbond substituents is 4. The molecule has 5 aromatic rings. The van der Waals surface area contributed by atoms with Crippen LogP contribution in [0.3, 0.4) is 0 Å². The van der Waals surface area contributed by atoms with Crippen molar-refractivity contribution >= 4 is 28.1 Å². The Hall–Kier alpha value is -5.52. The van der Waals surface area contributed by atoms with Crippen molar-refractivity contribution in [2.24, 2.45) is 5.92 Å². The molecule has 0 saturated heterocycles. The number of nitrogens with one attached hydrogen (secondary N) is 1. The normalized spacial score (nSPS) is 18.2. The van der Waals surface area contributed by atoms with Crippen LogP contribution in [0.25, 0.3) is 10.8 Å². The number of nitrogens with zero attached hydrogens (tertiary/aromatic N) is 1. The first-order chi connectivity index (χ1) is 25.0. The molecule has 0 bridgehead atoms. The summed E-state index contributed by atoms with van der Waals surface area (Å²) in [6, 6.07) is 22.5. The molecule has 11 heteroatoms. The molecule has 11 nitrogen and oxygen atoms in total. The number of Topliss-reactive ketones (excluding diaryl/α,β-unsaturated/α-hetero) is 1. The number of hydrogen-bond donors (Lipinski definition) is 7. The molecular weight excluding hydrogens is 664 g/mol. The second kappa shape index (κ2) is 15.4. The minimum absolute atomic E-state index is 0.000680. The monoisotopic (exact) mass is 708 g/mol. The number of aliphatic hydroxyl groups excluding tert-OH is 2. The summed E-state index contributed by atoms with van der Waals surface area (Å²) in [7, 11) is 2.84. The SMILES string of the molecule is COc1cc(CC[C@@H](O)[C@H](C(=O)CCc2cc(O)c(O)c(OC)c2)[C@]2(c3ccnc(Nc4ccc5cc(O)ccc5c4)c3)CC[C@H](O)C2)ccc1O. The van der Waals surface area contributed by atoms with Gasteiger partial charge in [0.1, 0.15) is 17.4 Å². The number of aliphatic hydroxyl groups is 2. The molecule has 1 saturated carbocycles. The molecule has 6 rings (SSSR count). The zero-order valence-corrected chi connectivity index (χ0v) is 29.1. The van der Waals surface area contributed by atoms with Crippen molar-refractivity contribution in [2.75, 3.05) is 19.5 Å². The number of carbonyl (C=O) groups excluding carboxylic acids is 1. The van der Waals surface area contributed by atoms with Gasteiger partial charge < -0.3 is 45.4 Å². The number of fused-ring (bicyclic) bond motifs is 1. The number of aryl methyl sites for hydroxylation is 2. The number of rotatable bonds is 14. The number of aromatic nitrogens is 1. The van der Waals surface area contributed by atoms with Crippen LogP contribution < -0.4 is 14.8 Å². The third kappa shape index (κ3) is 7.70. The lowest BCUT2D eigenvalue weighted by Gasteiger charge is -2.40. The average molecular weight is 709 g/mol. The molecule has 0 spiro atoms. The highest BCUT2D eigenvalue weighted by Gasteiger charge is 2.51. The van der Waals surface area contributed by atoms with E-state index in [1.54, 1.807) is 36.5 Å². The lowest BCUT2D eigenvalue weighted by Crippen LogP contribution is -2.46. The number of ether oxygens (including phenoxy) is 2. The summed E-state index contributed by atoms with van der Waals surface area (Å²) in [6.45, 7) is 0. The lowest BCUT2D eigenvalue weighted by atomic mass is 9.64. The predicted molar refractivity (Wildman–Crippen MR) is 197 cm³/mol. The molecule has 1 aliphatic carbocycles. The number of pyridine rings is 1. The summed E-state index contributed by atoms with van der Waals surface area (Å²) in [5.41, 5.74) is 1.99. The Bertz CT molecular complexity index is 2070. The zero-order valence-electron chi connectivity index (χ0n) is 29.1. The van der Waals surface area contributed by atoms with Crippen molar-refractivity contribution in [3.8, 4) is 34.5 Å². The van der Waals surface area contributed by atoms with Crippen LogP contribution in [0.4, 0.5) is 11.5 Å². The number of anilines is 2. The zero-order chi connectivity index (χ0) is 37.0. The van der Waals surface area contributed by atoms with Gasteiger partial charge in [0, 0.05) is 23.7 Å². The largest absolute Gasteiger partial charge is 0.508 e. The third-order valence-electron chi connectivity index (χ3n) is 10.2. The molecule has 52 heavy (non-hydrogen) atoms. The Morgan fingerprint density at radius 3 is 2.37 bits per heavy atom. The van der Waals surface area contributed by atoms with Gasteiger partial charge in [0.15, 0.2) is 23.0 Å². The van der Waals surface area contributed by atoms with Crippen molar-refractivity contribution in [2.45, 2.75) is 62.6 Å². The smallest absolute Gasteiger partial charge is 0.200 e. The molecule has 0 aliphatic heterocycles. The predicted octanol–water partition coefficient (Wildman–Crippen LogP) is 6.41. The van der Waals surface area contributed by atoms with E-state index < -0.39 is 23.5 Å². The molecule has 4 atom stereocenters. The van der Waals surface area contributed by atoms with Gasteiger partial charge in [-0.3, -0.25) is 4.79 Å². The van der Waals surface area contributed by atoms with Crippen LogP contribution in [0, 0.1) is 5.92 Å². The molecule has 7 N–H and O–H groups in total. The first kappa shape index (κ1) is 36.3. The van der Waals surface area contributed by atoms with Crippen LogP contribution >= 0.6 is 0 Å². The van der Waals surface area contributed by atoms with Crippen LogP contribution in [-0.4, -0.2) is 67.8 Å². The van der Waals surface area contributed by atoms with Gasteiger partial charge in [-0.05, 0) is 127 Å². The third-order valence-corrected chi connectivity index (χ3v) is 10.2. The summed E-state index contributed by atoms with van der Waals surface area (Å²) < 4.78 is 10.5. The molecule has 1 aromatic heterocycles. The molecule has 0 radical (unpaired) electrons. The van der Waals surface area contributed by atoms with Crippen molar-refractivity contribution in [3.05, 3.63) is 102 Å².